The molecule has 5 heteroatoms. The molecule has 0 spiro atoms. The van der Waals surface area contributed by atoms with Gasteiger partial charge in [-0.15, -0.1) is 0 Å². The number of nitrogens with one attached hydrogen (secondary N) is 1. The van der Waals surface area contributed by atoms with E-state index in [0.717, 1.165) is 12.8 Å². The summed E-state index contributed by atoms with van der Waals surface area (Å²) in [6.45, 7) is 6.97. The first kappa shape index (κ1) is 13.5. The lowest BCUT2D eigenvalue weighted by Crippen LogP contribution is -2.46. The monoisotopic (exact) mass is 240 g/mol. The van der Waals surface area contributed by atoms with Crippen molar-refractivity contribution in [2.45, 2.75) is 32.2 Å². The normalized spacial score (nSPS) is 16.4. The first-order chi connectivity index (χ1) is 8.17. The summed E-state index contributed by atoms with van der Waals surface area (Å²) in [5.41, 5.74) is 0. The van der Waals surface area contributed by atoms with E-state index in [0.29, 0.717) is 19.5 Å². The lowest BCUT2D eigenvalue weighted by molar-refractivity contribution is -0.131. The Labute approximate surface area is 102 Å². The highest BCUT2D eigenvalue weighted by molar-refractivity contribution is 5.76. The van der Waals surface area contributed by atoms with Gasteiger partial charge in [0.1, 0.15) is 6.61 Å². The van der Waals surface area contributed by atoms with E-state index in [9.17, 15) is 9.59 Å². The first-order valence-corrected chi connectivity index (χ1v) is 5.99. The second kappa shape index (κ2) is 6.93. The van der Waals surface area contributed by atoms with Crippen molar-refractivity contribution in [2.24, 2.45) is 0 Å². The molecule has 1 N–H and O–H groups in total. The minimum Gasteiger partial charge on any atom is -0.445 e. The lowest BCUT2D eigenvalue weighted by atomic mass is 10.1. The molecule has 2 amide bonds. The molecule has 1 heterocycles. The Balaban J connectivity index is 2.25. The van der Waals surface area contributed by atoms with Gasteiger partial charge in [0, 0.05) is 25.6 Å². The van der Waals surface area contributed by atoms with E-state index in [1.807, 2.05) is 11.8 Å². The fourth-order valence-electron chi connectivity index (χ4n) is 1.84. The number of alkyl carbamates (subject to hydrolysis) is 1. The van der Waals surface area contributed by atoms with Crippen molar-refractivity contribution in [1.29, 1.82) is 0 Å². The average Bonchev–Trinajstić information content (AvgIpc) is 2.36. The van der Waals surface area contributed by atoms with E-state index < -0.39 is 6.09 Å². The van der Waals surface area contributed by atoms with Gasteiger partial charge in [0.05, 0.1) is 0 Å². The van der Waals surface area contributed by atoms with Crippen molar-refractivity contribution in [2.75, 3.05) is 19.7 Å². The van der Waals surface area contributed by atoms with Crippen LogP contribution < -0.4 is 5.32 Å². The zero-order chi connectivity index (χ0) is 12.7. The largest absolute Gasteiger partial charge is 0.445 e. The first-order valence-electron chi connectivity index (χ1n) is 5.99. The van der Waals surface area contributed by atoms with Crippen LogP contribution in [0.25, 0.3) is 0 Å². The highest BCUT2D eigenvalue weighted by Crippen LogP contribution is 2.11. The van der Waals surface area contributed by atoms with Crippen LogP contribution in [0.15, 0.2) is 12.7 Å². The third-order valence-corrected chi connectivity index (χ3v) is 2.80. The van der Waals surface area contributed by atoms with Crippen LogP contribution >= 0.6 is 0 Å². The van der Waals surface area contributed by atoms with Crippen LogP contribution in [0.3, 0.4) is 0 Å². The van der Waals surface area contributed by atoms with Crippen molar-refractivity contribution < 1.29 is 14.3 Å². The molecule has 0 bridgehead atoms. The SMILES string of the molecule is C=CCOC(=O)NC1CCN(C(=O)CC)CC1. The number of nitrogens with zero attached hydrogens (tertiary/aromatic N) is 1. The number of hydrogen-bond acceptors (Lipinski definition) is 3. The summed E-state index contributed by atoms with van der Waals surface area (Å²) in [6.07, 6.45) is 3.23. The molecule has 0 atom stereocenters. The Hall–Kier alpha value is -1.52. The fraction of sp³-hybridized carbons (Fsp3) is 0.667. The Morgan fingerprint density at radius 1 is 1.47 bits per heavy atom. The van der Waals surface area contributed by atoms with Gasteiger partial charge in [-0.1, -0.05) is 19.6 Å². The van der Waals surface area contributed by atoms with E-state index in [-0.39, 0.29) is 18.6 Å². The van der Waals surface area contributed by atoms with Gasteiger partial charge in [-0.3, -0.25) is 4.79 Å². The molecule has 0 unspecified atom stereocenters. The minimum absolute atomic E-state index is 0.105. The highest BCUT2D eigenvalue weighted by atomic mass is 16.5. The summed E-state index contributed by atoms with van der Waals surface area (Å²) in [7, 11) is 0. The van der Waals surface area contributed by atoms with Crippen LogP contribution in [0.5, 0.6) is 0 Å². The molecule has 5 nitrogen and oxygen atoms in total. The van der Waals surface area contributed by atoms with Gasteiger partial charge in [0.25, 0.3) is 0 Å². The Kier molecular flexibility index (Phi) is 5.52. The fourth-order valence-corrected chi connectivity index (χ4v) is 1.84. The lowest BCUT2D eigenvalue weighted by Gasteiger charge is -2.32. The number of hydrogen-bond donors (Lipinski definition) is 1. The molecule has 0 aromatic rings. The smallest absolute Gasteiger partial charge is 0.407 e. The maximum Gasteiger partial charge on any atom is 0.407 e. The topological polar surface area (TPSA) is 58.6 Å². The molecule has 1 aliphatic rings. The third-order valence-electron chi connectivity index (χ3n) is 2.80. The van der Waals surface area contributed by atoms with Gasteiger partial charge in [-0.05, 0) is 12.8 Å². The number of amides is 2. The summed E-state index contributed by atoms with van der Waals surface area (Å²) in [6, 6.07) is 0.105. The van der Waals surface area contributed by atoms with Crippen LogP contribution in [0.1, 0.15) is 26.2 Å². The second-order valence-corrected chi connectivity index (χ2v) is 4.04. The standard InChI is InChI=1S/C12H20N2O3/c1-3-9-17-12(16)13-10-5-7-14(8-6-10)11(15)4-2/h3,10H,1,4-9H2,2H3,(H,13,16). The molecule has 0 aliphatic carbocycles. The van der Waals surface area contributed by atoms with Gasteiger partial charge in [0.15, 0.2) is 0 Å². The molecule has 17 heavy (non-hydrogen) atoms. The molecule has 96 valence electrons. The second-order valence-electron chi connectivity index (χ2n) is 4.04. The van der Waals surface area contributed by atoms with Crippen LogP contribution in [0.4, 0.5) is 4.79 Å². The van der Waals surface area contributed by atoms with Crippen molar-refractivity contribution in [3.63, 3.8) is 0 Å². The average molecular weight is 240 g/mol. The molecule has 1 aliphatic heterocycles. The van der Waals surface area contributed by atoms with Gasteiger partial charge in [0.2, 0.25) is 5.91 Å². The van der Waals surface area contributed by atoms with Gasteiger partial charge in [-0.2, -0.15) is 0 Å². The molecular formula is C12H20N2O3. The van der Waals surface area contributed by atoms with Crippen LogP contribution in [-0.4, -0.2) is 42.6 Å². The minimum atomic E-state index is -0.412. The molecule has 0 aromatic heterocycles. The summed E-state index contributed by atoms with van der Waals surface area (Å²) in [4.78, 5) is 24.6. The Bertz CT molecular complexity index is 283. The highest BCUT2D eigenvalue weighted by Gasteiger charge is 2.23. The molecular weight excluding hydrogens is 220 g/mol. The third kappa shape index (κ3) is 4.46. The van der Waals surface area contributed by atoms with Crippen LogP contribution in [0, 0.1) is 0 Å². The maximum atomic E-state index is 11.4. The molecule has 1 saturated heterocycles. The summed E-state index contributed by atoms with van der Waals surface area (Å²) in [5.74, 6) is 0.178. The van der Waals surface area contributed by atoms with E-state index in [4.69, 9.17) is 4.74 Å². The zero-order valence-electron chi connectivity index (χ0n) is 10.3. The Morgan fingerprint density at radius 3 is 2.65 bits per heavy atom. The molecule has 0 radical (unpaired) electrons. The van der Waals surface area contributed by atoms with Gasteiger partial charge in [-0.25, -0.2) is 4.79 Å². The molecule has 0 saturated carbocycles. The molecule has 0 aromatic carbocycles. The quantitative estimate of drug-likeness (QED) is 0.753. The van der Waals surface area contributed by atoms with E-state index in [2.05, 4.69) is 11.9 Å². The van der Waals surface area contributed by atoms with Crippen molar-refractivity contribution in [1.82, 2.24) is 10.2 Å². The van der Waals surface area contributed by atoms with E-state index >= 15 is 0 Å². The number of carbonyl (C=O) groups is 2. The van der Waals surface area contributed by atoms with Crippen molar-refractivity contribution in [3.8, 4) is 0 Å². The van der Waals surface area contributed by atoms with E-state index in [1.54, 1.807) is 0 Å². The number of likely N-dealkylation sites (tertiary alicyclic amines) is 1. The number of ether oxygens (including phenoxy) is 1. The zero-order valence-corrected chi connectivity index (χ0v) is 10.3. The predicted octanol–water partition coefficient (Wildman–Crippen LogP) is 1.30. The van der Waals surface area contributed by atoms with Crippen LogP contribution in [-0.2, 0) is 9.53 Å². The van der Waals surface area contributed by atoms with Crippen molar-refractivity contribution in [3.05, 3.63) is 12.7 Å². The predicted molar refractivity (Wildman–Crippen MR) is 64.6 cm³/mol. The van der Waals surface area contributed by atoms with Gasteiger partial charge >= 0.3 is 6.09 Å². The number of rotatable bonds is 4. The van der Waals surface area contributed by atoms with Crippen molar-refractivity contribution >= 4 is 12.0 Å². The summed E-state index contributed by atoms with van der Waals surface area (Å²) < 4.78 is 4.84. The van der Waals surface area contributed by atoms with Gasteiger partial charge < -0.3 is 15.0 Å². The number of carbonyl (C=O) groups excluding carboxylic acids is 2. The Morgan fingerprint density at radius 2 is 2.12 bits per heavy atom. The van der Waals surface area contributed by atoms with Crippen LogP contribution in [0.2, 0.25) is 0 Å². The summed E-state index contributed by atoms with van der Waals surface area (Å²) >= 11 is 0. The maximum absolute atomic E-state index is 11.4. The summed E-state index contributed by atoms with van der Waals surface area (Å²) in [5, 5.41) is 2.78. The van der Waals surface area contributed by atoms with E-state index in [1.165, 1.54) is 6.08 Å². The molecule has 1 rings (SSSR count). The number of piperidine rings is 1. The molecule has 1 fully saturated rings.